The molecular weight excluding hydrogens is 266 g/mol. The first-order chi connectivity index (χ1) is 8.84. The highest BCUT2D eigenvalue weighted by molar-refractivity contribution is 6.29. The highest BCUT2D eigenvalue weighted by Crippen LogP contribution is 2.34. The van der Waals surface area contributed by atoms with Gasteiger partial charge in [-0.05, 0) is 6.92 Å². The Morgan fingerprint density at radius 1 is 1.37 bits per heavy atom. The van der Waals surface area contributed by atoms with Gasteiger partial charge in [-0.2, -0.15) is 9.97 Å². The summed E-state index contributed by atoms with van der Waals surface area (Å²) < 4.78 is 5.04. The standard InChI is InChI=1S/C13H20ClN3O2/c1-8-6-17(7-9(2)13(8,3)18)11-5-10(14)15-12(16-11)19-4/h5,8-9,18H,6-7H2,1-4H3. The SMILES string of the molecule is COc1nc(Cl)cc(N2CC(C)C(C)(O)C(C)C2)n1. The zero-order valence-electron chi connectivity index (χ0n) is 11.7. The molecule has 1 aliphatic rings. The van der Waals surface area contributed by atoms with Gasteiger partial charge in [-0.15, -0.1) is 0 Å². The van der Waals surface area contributed by atoms with Crippen molar-refractivity contribution in [1.29, 1.82) is 0 Å². The van der Waals surface area contributed by atoms with Gasteiger partial charge in [0.15, 0.2) is 0 Å². The van der Waals surface area contributed by atoms with Gasteiger partial charge in [0, 0.05) is 31.0 Å². The third-order valence-electron chi connectivity index (χ3n) is 4.15. The number of rotatable bonds is 2. The van der Waals surface area contributed by atoms with E-state index in [9.17, 15) is 5.11 Å². The second-order valence-corrected chi connectivity index (χ2v) is 5.86. The van der Waals surface area contributed by atoms with Crippen LogP contribution < -0.4 is 9.64 Å². The van der Waals surface area contributed by atoms with Gasteiger partial charge in [0.1, 0.15) is 11.0 Å². The summed E-state index contributed by atoms with van der Waals surface area (Å²) in [6.07, 6.45) is 0. The molecule has 2 heterocycles. The molecule has 0 aliphatic carbocycles. The Morgan fingerprint density at radius 3 is 2.47 bits per heavy atom. The molecule has 1 aromatic rings. The van der Waals surface area contributed by atoms with Crippen molar-refractivity contribution in [3.05, 3.63) is 11.2 Å². The molecule has 1 aliphatic heterocycles. The van der Waals surface area contributed by atoms with Crippen LogP contribution in [-0.4, -0.2) is 40.9 Å². The van der Waals surface area contributed by atoms with E-state index in [0.29, 0.717) is 5.15 Å². The van der Waals surface area contributed by atoms with Gasteiger partial charge in [-0.25, -0.2) is 0 Å². The molecule has 0 amide bonds. The Balaban J connectivity index is 2.26. The van der Waals surface area contributed by atoms with Crippen molar-refractivity contribution < 1.29 is 9.84 Å². The summed E-state index contributed by atoms with van der Waals surface area (Å²) in [6, 6.07) is 1.99. The molecule has 1 aromatic heterocycles. The minimum Gasteiger partial charge on any atom is -0.467 e. The summed E-state index contributed by atoms with van der Waals surface area (Å²) in [5.74, 6) is 1.04. The summed E-state index contributed by atoms with van der Waals surface area (Å²) in [5.41, 5.74) is -0.655. The number of aromatic nitrogens is 2. The van der Waals surface area contributed by atoms with E-state index < -0.39 is 5.60 Å². The van der Waals surface area contributed by atoms with E-state index in [0.717, 1.165) is 18.9 Å². The van der Waals surface area contributed by atoms with Crippen molar-refractivity contribution in [2.45, 2.75) is 26.4 Å². The molecule has 1 fully saturated rings. The average Bonchev–Trinajstić information content (AvgIpc) is 2.35. The molecule has 1 saturated heterocycles. The lowest BCUT2D eigenvalue weighted by Gasteiger charge is -2.46. The monoisotopic (exact) mass is 285 g/mol. The van der Waals surface area contributed by atoms with Crippen LogP contribution >= 0.6 is 11.6 Å². The number of nitrogens with zero attached hydrogens (tertiary/aromatic N) is 3. The molecule has 1 N–H and O–H groups in total. The average molecular weight is 286 g/mol. The molecule has 2 atom stereocenters. The Morgan fingerprint density at radius 2 is 1.95 bits per heavy atom. The highest BCUT2D eigenvalue weighted by atomic mass is 35.5. The van der Waals surface area contributed by atoms with Crippen LogP contribution in [0.25, 0.3) is 0 Å². The van der Waals surface area contributed by atoms with E-state index >= 15 is 0 Å². The van der Waals surface area contributed by atoms with Crippen molar-refractivity contribution in [3.8, 4) is 6.01 Å². The molecule has 0 spiro atoms. The topological polar surface area (TPSA) is 58.5 Å². The van der Waals surface area contributed by atoms with Crippen molar-refractivity contribution >= 4 is 17.4 Å². The first-order valence-electron chi connectivity index (χ1n) is 6.40. The number of hydrogen-bond donors (Lipinski definition) is 1. The Kier molecular flexibility index (Phi) is 3.87. The van der Waals surface area contributed by atoms with Gasteiger partial charge in [0.25, 0.3) is 0 Å². The second kappa shape index (κ2) is 5.13. The summed E-state index contributed by atoms with van der Waals surface area (Å²) in [7, 11) is 1.52. The molecule has 0 radical (unpaired) electrons. The van der Waals surface area contributed by atoms with Gasteiger partial charge < -0.3 is 14.7 Å². The van der Waals surface area contributed by atoms with Crippen molar-refractivity contribution in [2.75, 3.05) is 25.1 Å². The maximum absolute atomic E-state index is 10.4. The lowest BCUT2D eigenvalue weighted by Crippen LogP contribution is -2.55. The fraction of sp³-hybridized carbons (Fsp3) is 0.692. The summed E-state index contributed by atoms with van der Waals surface area (Å²) >= 11 is 5.97. The lowest BCUT2D eigenvalue weighted by molar-refractivity contribution is -0.0504. The van der Waals surface area contributed by atoms with E-state index in [4.69, 9.17) is 16.3 Å². The fourth-order valence-corrected chi connectivity index (χ4v) is 2.59. The van der Waals surface area contributed by atoms with Gasteiger partial charge >= 0.3 is 6.01 Å². The van der Waals surface area contributed by atoms with Gasteiger partial charge in [-0.1, -0.05) is 25.4 Å². The van der Waals surface area contributed by atoms with Crippen LogP contribution in [0.1, 0.15) is 20.8 Å². The first-order valence-corrected chi connectivity index (χ1v) is 6.78. The molecular formula is C13H20ClN3O2. The zero-order chi connectivity index (χ0) is 14.2. The quantitative estimate of drug-likeness (QED) is 0.842. The maximum Gasteiger partial charge on any atom is 0.319 e. The van der Waals surface area contributed by atoms with Gasteiger partial charge in [0.2, 0.25) is 0 Å². The molecule has 0 saturated carbocycles. The van der Waals surface area contributed by atoms with Crippen LogP contribution in [0.4, 0.5) is 5.82 Å². The van der Waals surface area contributed by atoms with Crippen LogP contribution in [0.5, 0.6) is 6.01 Å². The fourth-order valence-electron chi connectivity index (χ4n) is 2.42. The zero-order valence-corrected chi connectivity index (χ0v) is 12.5. The minimum atomic E-state index is -0.655. The summed E-state index contributed by atoms with van der Waals surface area (Å²) in [4.78, 5) is 10.4. The molecule has 0 aromatic carbocycles. The van der Waals surface area contributed by atoms with Crippen molar-refractivity contribution in [3.63, 3.8) is 0 Å². The first kappa shape index (κ1) is 14.3. The van der Waals surface area contributed by atoms with Crippen molar-refractivity contribution in [1.82, 2.24) is 9.97 Å². The van der Waals surface area contributed by atoms with Crippen LogP contribution in [0, 0.1) is 11.8 Å². The largest absolute Gasteiger partial charge is 0.467 e. The van der Waals surface area contributed by atoms with E-state index in [2.05, 4.69) is 14.9 Å². The smallest absolute Gasteiger partial charge is 0.319 e. The second-order valence-electron chi connectivity index (χ2n) is 5.47. The van der Waals surface area contributed by atoms with E-state index in [1.54, 1.807) is 6.07 Å². The molecule has 0 bridgehead atoms. The molecule has 106 valence electrons. The predicted octanol–water partition coefficient (Wildman–Crippen LogP) is 1.98. The third-order valence-corrected chi connectivity index (χ3v) is 4.34. The Hall–Kier alpha value is -1.07. The number of methoxy groups -OCH3 is 1. The number of anilines is 1. The van der Waals surface area contributed by atoms with Crippen LogP contribution in [0.2, 0.25) is 5.15 Å². The van der Waals surface area contributed by atoms with E-state index in [1.807, 2.05) is 20.8 Å². The Labute approximate surface area is 118 Å². The normalized spacial score (nSPS) is 31.4. The maximum atomic E-state index is 10.4. The molecule has 2 unspecified atom stereocenters. The van der Waals surface area contributed by atoms with E-state index in [-0.39, 0.29) is 17.8 Å². The highest BCUT2D eigenvalue weighted by Gasteiger charge is 2.40. The molecule has 2 rings (SSSR count). The number of piperidine rings is 1. The van der Waals surface area contributed by atoms with Crippen molar-refractivity contribution in [2.24, 2.45) is 11.8 Å². The van der Waals surface area contributed by atoms with Gasteiger partial charge in [-0.3, -0.25) is 0 Å². The number of hydrogen-bond acceptors (Lipinski definition) is 5. The number of halogens is 1. The predicted molar refractivity (Wildman–Crippen MR) is 74.8 cm³/mol. The summed E-state index contributed by atoms with van der Waals surface area (Å²) in [6.45, 7) is 7.44. The van der Waals surface area contributed by atoms with E-state index in [1.165, 1.54) is 7.11 Å². The molecule has 5 nitrogen and oxygen atoms in total. The minimum absolute atomic E-state index is 0.149. The lowest BCUT2D eigenvalue weighted by atomic mass is 9.76. The third kappa shape index (κ3) is 2.77. The summed E-state index contributed by atoms with van der Waals surface area (Å²) in [5, 5.41) is 10.8. The number of aliphatic hydroxyl groups is 1. The van der Waals surface area contributed by atoms with Gasteiger partial charge in [0.05, 0.1) is 12.7 Å². The number of ether oxygens (including phenoxy) is 1. The van der Waals surface area contributed by atoms with Crippen LogP contribution in [0.15, 0.2) is 6.07 Å². The van der Waals surface area contributed by atoms with Crippen LogP contribution in [-0.2, 0) is 0 Å². The van der Waals surface area contributed by atoms with Crippen LogP contribution in [0.3, 0.4) is 0 Å². The Bertz CT molecular complexity index is 453. The molecule has 19 heavy (non-hydrogen) atoms. The molecule has 6 heteroatoms.